The number of aliphatic carboxylic acids is 1. The summed E-state index contributed by atoms with van der Waals surface area (Å²) >= 11 is 0. The van der Waals surface area contributed by atoms with Crippen molar-refractivity contribution in [1.29, 1.82) is 0 Å². The van der Waals surface area contributed by atoms with Crippen LogP contribution >= 0.6 is 0 Å². The summed E-state index contributed by atoms with van der Waals surface area (Å²) in [5.41, 5.74) is -0.754. The van der Waals surface area contributed by atoms with Crippen LogP contribution in [0.3, 0.4) is 0 Å². The summed E-state index contributed by atoms with van der Waals surface area (Å²) in [7, 11) is 0. The van der Waals surface area contributed by atoms with Gasteiger partial charge in [-0.25, -0.2) is 9.59 Å². The van der Waals surface area contributed by atoms with E-state index < -0.39 is 54.5 Å². The van der Waals surface area contributed by atoms with Crippen molar-refractivity contribution in [3.8, 4) is 0 Å². The lowest BCUT2D eigenvalue weighted by molar-refractivity contribution is -0.143. The number of nitrogens with zero attached hydrogens (tertiary/aromatic N) is 1. The molecule has 1 rings (SSSR count). The Morgan fingerprint density at radius 2 is 1.75 bits per heavy atom. The Labute approximate surface area is 137 Å². The normalized spacial score (nSPS) is 15.2. The molecule has 3 N–H and O–H groups in total. The highest BCUT2D eigenvalue weighted by atomic mass is 16.6. The molecule has 0 saturated carbocycles. The van der Waals surface area contributed by atoms with Crippen molar-refractivity contribution in [1.82, 2.24) is 15.5 Å². The fraction of sp³-hybridized carbons (Fsp3) is 0.500. The fourth-order valence-electron chi connectivity index (χ4n) is 1.67. The van der Waals surface area contributed by atoms with Crippen LogP contribution in [0, 0.1) is 0 Å². The molecule has 10 nitrogen and oxygen atoms in total. The van der Waals surface area contributed by atoms with Crippen molar-refractivity contribution in [3.63, 3.8) is 0 Å². The lowest BCUT2D eigenvalue weighted by Gasteiger charge is -2.21. The van der Waals surface area contributed by atoms with Crippen LogP contribution in [0.2, 0.25) is 0 Å². The molecule has 1 atom stereocenters. The maximum atomic E-state index is 11.8. The number of hydrogen-bond donors (Lipinski definition) is 3. The minimum atomic E-state index is -1.44. The lowest BCUT2D eigenvalue weighted by Crippen LogP contribution is -2.52. The molecule has 24 heavy (non-hydrogen) atoms. The third kappa shape index (κ3) is 6.07. The van der Waals surface area contributed by atoms with Crippen LogP contribution in [0.1, 0.15) is 20.8 Å². The standard InChI is InChI=1S/C14H19N3O7/c1-14(2,3)24-13(23)15-6-8(12(21)22)16-9(18)7-17-10(19)4-5-11(17)20/h4-5,8H,6-7H2,1-3H3,(H,15,23)(H,16,18)(H,21,22). The summed E-state index contributed by atoms with van der Waals surface area (Å²) in [5, 5.41) is 13.4. The van der Waals surface area contributed by atoms with Crippen molar-refractivity contribution >= 4 is 29.8 Å². The molecule has 0 radical (unpaired) electrons. The third-order valence-electron chi connectivity index (χ3n) is 2.68. The average Bonchev–Trinajstić information content (AvgIpc) is 2.73. The Kier molecular flexibility index (Phi) is 6.04. The maximum Gasteiger partial charge on any atom is 0.407 e. The van der Waals surface area contributed by atoms with E-state index in [2.05, 4.69) is 10.6 Å². The van der Waals surface area contributed by atoms with Gasteiger partial charge in [0.05, 0.1) is 6.54 Å². The van der Waals surface area contributed by atoms with Gasteiger partial charge in [0.2, 0.25) is 5.91 Å². The van der Waals surface area contributed by atoms with Gasteiger partial charge in [-0.3, -0.25) is 19.3 Å². The van der Waals surface area contributed by atoms with Crippen LogP contribution in [-0.4, -0.2) is 64.5 Å². The Morgan fingerprint density at radius 3 is 2.21 bits per heavy atom. The van der Waals surface area contributed by atoms with Crippen LogP contribution in [0.4, 0.5) is 4.79 Å². The van der Waals surface area contributed by atoms with Crippen LogP contribution in [0.5, 0.6) is 0 Å². The highest BCUT2D eigenvalue weighted by Crippen LogP contribution is 2.06. The fourth-order valence-corrected chi connectivity index (χ4v) is 1.67. The molecule has 1 heterocycles. The van der Waals surface area contributed by atoms with Gasteiger partial charge in [0.15, 0.2) is 0 Å². The van der Waals surface area contributed by atoms with Crippen molar-refractivity contribution in [3.05, 3.63) is 12.2 Å². The molecule has 1 aliphatic rings. The molecular formula is C14H19N3O7. The zero-order valence-corrected chi connectivity index (χ0v) is 13.5. The summed E-state index contributed by atoms with van der Waals surface area (Å²) in [4.78, 5) is 57.7. The molecule has 0 saturated heterocycles. The summed E-state index contributed by atoms with van der Waals surface area (Å²) in [6.07, 6.45) is 1.18. The second-order valence-electron chi connectivity index (χ2n) is 5.94. The van der Waals surface area contributed by atoms with E-state index in [0.717, 1.165) is 12.2 Å². The van der Waals surface area contributed by atoms with E-state index in [1.54, 1.807) is 20.8 Å². The number of ether oxygens (including phenoxy) is 1. The molecule has 0 bridgehead atoms. The largest absolute Gasteiger partial charge is 0.480 e. The smallest absolute Gasteiger partial charge is 0.407 e. The number of imide groups is 1. The first kappa shape index (κ1) is 19.1. The van der Waals surface area contributed by atoms with Gasteiger partial charge in [-0.05, 0) is 20.8 Å². The van der Waals surface area contributed by atoms with Crippen LogP contribution in [0.15, 0.2) is 12.2 Å². The molecule has 0 aromatic heterocycles. The summed E-state index contributed by atoms with van der Waals surface area (Å²) in [6.45, 7) is 3.89. The van der Waals surface area contributed by atoms with E-state index in [0.29, 0.717) is 4.90 Å². The van der Waals surface area contributed by atoms with Gasteiger partial charge in [0.25, 0.3) is 11.8 Å². The number of carbonyl (C=O) groups excluding carboxylic acids is 4. The number of nitrogens with one attached hydrogen (secondary N) is 2. The number of amides is 4. The summed E-state index contributed by atoms with van der Waals surface area (Å²) < 4.78 is 4.95. The van der Waals surface area contributed by atoms with Gasteiger partial charge in [-0.1, -0.05) is 0 Å². The second-order valence-corrected chi connectivity index (χ2v) is 5.94. The van der Waals surface area contributed by atoms with Crippen molar-refractivity contribution in [2.45, 2.75) is 32.4 Å². The maximum absolute atomic E-state index is 11.8. The molecular weight excluding hydrogens is 322 g/mol. The molecule has 1 aliphatic heterocycles. The highest BCUT2D eigenvalue weighted by molar-refractivity contribution is 6.14. The first-order valence-corrected chi connectivity index (χ1v) is 7.02. The van der Waals surface area contributed by atoms with E-state index >= 15 is 0 Å². The Hall–Kier alpha value is -2.91. The first-order chi connectivity index (χ1) is 11.0. The Bertz CT molecular complexity index is 574. The quantitative estimate of drug-likeness (QED) is 0.526. The highest BCUT2D eigenvalue weighted by Gasteiger charge is 2.28. The number of carbonyl (C=O) groups is 5. The average molecular weight is 341 g/mol. The first-order valence-electron chi connectivity index (χ1n) is 7.02. The number of rotatable bonds is 6. The molecule has 1 unspecified atom stereocenters. The monoisotopic (exact) mass is 341 g/mol. The Morgan fingerprint density at radius 1 is 1.21 bits per heavy atom. The predicted molar refractivity (Wildman–Crippen MR) is 79.7 cm³/mol. The van der Waals surface area contributed by atoms with E-state index in [4.69, 9.17) is 9.84 Å². The van der Waals surface area contributed by atoms with Crippen molar-refractivity contribution < 1.29 is 33.8 Å². The number of carboxylic acid groups (broad SMARTS) is 1. The van der Waals surface area contributed by atoms with Gasteiger partial charge >= 0.3 is 12.1 Å². The molecule has 0 aliphatic carbocycles. The zero-order chi connectivity index (χ0) is 18.5. The van der Waals surface area contributed by atoms with Gasteiger partial charge < -0.3 is 20.5 Å². The van der Waals surface area contributed by atoms with E-state index in [1.807, 2.05) is 0 Å². The SMILES string of the molecule is CC(C)(C)OC(=O)NCC(NC(=O)CN1C(=O)C=CC1=O)C(=O)O. The number of hydrogen-bond acceptors (Lipinski definition) is 6. The second kappa shape index (κ2) is 7.57. The van der Waals surface area contributed by atoms with Gasteiger partial charge in [-0.15, -0.1) is 0 Å². The number of alkyl carbamates (subject to hydrolysis) is 1. The van der Waals surface area contributed by atoms with Gasteiger partial charge in [0.1, 0.15) is 18.2 Å². The summed E-state index contributed by atoms with van der Waals surface area (Å²) in [6, 6.07) is -1.44. The minimum absolute atomic E-state index is 0.421. The lowest BCUT2D eigenvalue weighted by atomic mass is 10.2. The zero-order valence-electron chi connectivity index (χ0n) is 13.5. The minimum Gasteiger partial charge on any atom is -0.480 e. The molecule has 0 spiro atoms. The van der Waals surface area contributed by atoms with E-state index in [1.165, 1.54) is 0 Å². The molecule has 10 heteroatoms. The van der Waals surface area contributed by atoms with E-state index in [-0.39, 0.29) is 0 Å². The topological polar surface area (TPSA) is 142 Å². The van der Waals surface area contributed by atoms with E-state index in [9.17, 15) is 24.0 Å². The van der Waals surface area contributed by atoms with Crippen molar-refractivity contribution in [2.24, 2.45) is 0 Å². The predicted octanol–water partition coefficient (Wildman–Crippen LogP) is -0.994. The molecule has 4 amide bonds. The van der Waals surface area contributed by atoms with Crippen LogP contribution < -0.4 is 10.6 Å². The molecule has 0 aromatic rings. The summed E-state index contributed by atoms with van der Waals surface area (Å²) in [5.74, 6) is -3.56. The Balaban J connectivity index is 2.52. The van der Waals surface area contributed by atoms with Gasteiger partial charge in [-0.2, -0.15) is 0 Å². The third-order valence-corrected chi connectivity index (χ3v) is 2.68. The molecule has 132 valence electrons. The van der Waals surface area contributed by atoms with Crippen molar-refractivity contribution in [2.75, 3.05) is 13.1 Å². The molecule has 0 fully saturated rings. The van der Waals surface area contributed by atoms with Gasteiger partial charge in [0, 0.05) is 12.2 Å². The van der Waals surface area contributed by atoms with Crippen LogP contribution in [-0.2, 0) is 23.9 Å². The van der Waals surface area contributed by atoms with Crippen LogP contribution in [0.25, 0.3) is 0 Å². The number of carboxylic acids is 1. The molecule has 0 aromatic carbocycles.